The lowest BCUT2D eigenvalue weighted by Gasteiger charge is -2.14. The lowest BCUT2D eigenvalue weighted by Crippen LogP contribution is -2.01. The van der Waals surface area contributed by atoms with Crippen LogP contribution in [-0.2, 0) is 11.2 Å². The van der Waals surface area contributed by atoms with Gasteiger partial charge in [0.1, 0.15) is 0 Å². The highest BCUT2D eigenvalue weighted by atomic mass is 32.2. The van der Waals surface area contributed by atoms with Gasteiger partial charge in [0, 0.05) is 5.75 Å². The van der Waals surface area contributed by atoms with Crippen molar-refractivity contribution in [1.29, 1.82) is 0 Å². The van der Waals surface area contributed by atoms with Crippen LogP contribution in [0.3, 0.4) is 0 Å². The van der Waals surface area contributed by atoms with Gasteiger partial charge in [-0.15, -0.1) is 0 Å². The normalized spacial score (nSPS) is 11.6. The Morgan fingerprint density at radius 1 is 0.857 bits per heavy atom. The van der Waals surface area contributed by atoms with Crippen molar-refractivity contribution < 1.29 is 9.53 Å². The molecule has 0 aliphatic carbocycles. The van der Waals surface area contributed by atoms with Crippen LogP contribution in [-0.4, -0.2) is 17.7 Å². The summed E-state index contributed by atoms with van der Waals surface area (Å²) in [5.74, 6) is 0.859. The quantitative estimate of drug-likeness (QED) is 0.176. The van der Waals surface area contributed by atoms with E-state index in [0.717, 1.165) is 37.9 Å². The first kappa shape index (κ1) is 19.1. The SMILES string of the molecule is CCCCSC(=O)OCCCCc1ccc2ccc3cccc4ccc1c2c34. The van der Waals surface area contributed by atoms with Gasteiger partial charge in [0.25, 0.3) is 0 Å². The molecular formula is C25H26O2S. The number of benzene rings is 4. The van der Waals surface area contributed by atoms with Gasteiger partial charge in [0.2, 0.25) is 0 Å². The van der Waals surface area contributed by atoms with Crippen LogP contribution in [0.1, 0.15) is 38.2 Å². The summed E-state index contributed by atoms with van der Waals surface area (Å²) in [4.78, 5) is 11.7. The highest BCUT2D eigenvalue weighted by Gasteiger charge is 2.10. The van der Waals surface area contributed by atoms with Gasteiger partial charge in [0.15, 0.2) is 0 Å². The maximum Gasteiger partial charge on any atom is 0.367 e. The van der Waals surface area contributed by atoms with Crippen molar-refractivity contribution in [3.63, 3.8) is 0 Å². The fourth-order valence-corrected chi connectivity index (χ4v) is 4.69. The molecule has 144 valence electrons. The molecule has 0 aromatic heterocycles. The van der Waals surface area contributed by atoms with Crippen molar-refractivity contribution in [2.75, 3.05) is 12.4 Å². The molecule has 0 N–H and O–H groups in total. The topological polar surface area (TPSA) is 26.3 Å². The second-order valence-electron chi connectivity index (χ2n) is 7.34. The molecule has 0 heterocycles. The second kappa shape index (κ2) is 8.83. The summed E-state index contributed by atoms with van der Waals surface area (Å²) in [6, 6.07) is 20.0. The molecule has 0 bridgehead atoms. The van der Waals surface area contributed by atoms with Gasteiger partial charge in [-0.3, -0.25) is 0 Å². The van der Waals surface area contributed by atoms with Crippen LogP contribution in [0.5, 0.6) is 0 Å². The molecule has 4 rings (SSSR count). The largest absolute Gasteiger partial charge is 0.458 e. The third-order valence-corrected chi connectivity index (χ3v) is 6.24. The first-order valence-electron chi connectivity index (χ1n) is 10.2. The van der Waals surface area contributed by atoms with E-state index >= 15 is 0 Å². The van der Waals surface area contributed by atoms with E-state index in [2.05, 4.69) is 61.5 Å². The zero-order chi connectivity index (χ0) is 19.3. The van der Waals surface area contributed by atoms with Crippen molar-refractivity contribution in [2.45, 2.75) is 39.0 Å². The van der Waals surface area contributed by atoms with Crippen molar-refractivity contribution in [3.8, 4) is 0 Å². The van der Waals surface area contributed by atoms with Crippen molar-refractivity contribution >= 4 is 49.4 Å². The van der Waals surface area contributed by atoms with Crippen LogP contribution >= 0.6 is 11.8 Å². The average Bonchev–Trinajstić information content (AvgIpc) is 2.72. The molecule has 0 aliphatic heterocycles. The van der Waals surface area contributed by atoms with Crippen LogP contribution < -0.4 is 0 Å². The fraction of sp³-hybridized carbons (Fsp3) is 0.320. The Balaban J connectivity index is 1.43. The molecule has 0 atom stereocenters. The van der Waals surface area contributed by atoms with E-state index in [1.54, 1.807) is 0 Å². The summed E-state index contributed by atoms with van der Waals surface area (Å²) in [5.41, 5.74) is 1.38. The maximum absolute atomic E-state index is 11.7. The molecule has 0 fully saturated rings. The third kappa shape index (κ3) is 3.95. The van der Waals surface area contributed by atoms with E-state index in [4.69, 9.17) is 4.74 Å². The van der Waals surface area contributed by atoms with Gasteiger partial charge in [-0.2, -0.15) is 0 Å². The minimum atomic E-state index is -0.129. The molecule has 4 aromatic rings. The Morgan fingerprint density at radius 2 is 1.57 bits per heavy atom. The Hall–Kier alpha value is -2.26. The van der Waals surface area contributed by atoms with Gasteiger partial charge in [0.05, 0.1) is 6.61 Å². The zero-order valence-electron chi connectivity index (χ0n) is 16.4. The molecule has 3 heteroatoms. The van der Waals surface area contributed by atoms with Crippen molar-refractivity contribution in [3.05, 3.63) is 60.2 Å². The number of aryl methyl sites for hydroxylation is 1. The fourth-order valence-electron chi connectivity index (χ4n) is 3.93. The Bertz CT molecular complexity index is 1070. The summed E-state index contributed by atoms with van der Waals surface area (Å²) < 4.78 is 5.33. The number of rotatable bonds is 8. The molecule has 0 saturated carbocycles. The van der Waals surface area contributed by atoms with Crippen LogP contribution in [0.2, 0.25) is 0 Å². The summed E-state index contributed by atoms with van der Waals surface area (Å²) in [6.45, 7) is 2.65. The van der Waals surface area contributed by atoms with E-state index < -0.39 is 0 Å². The Kier molecular flexibility index (Phi) is 6.01. The minimum Gasteiger partial charge on any atom is -0.458 e. The minimum absolute atomic E-state index is 0.129. The first-order valence-corrected chi connectivity index (χ1v) is 11.2. The van der Waals surface area contributed by atoms with Crippen molar-refractivity contribution in [2.24, 2.45) is 0 Å². The summed E-state index contributed by atoms with van der Waals surface area (Å²) in [7, 11) is 0. The van der Waals surface area contributed by atoms with Gasteiger partial charge in [-0.05, 0) is 75.3 Å². The van der Waals surface area contributed by atoms with Gasteiger partial charge in [-0.1, -0.05) is 67.9 Å². The Labute approximate surface area is 170 Å². The number of unbranched alkanes of at least 4 members (excludes halogenated alkanes) is 2. The molecule has 0 saturated heterocycles. The highest BCUT2D eigenvalue weighted by molar-refractivity contribution is 8.13. The first-order chi connectivity index (χ1) is 13.8. The standard InChI is InChI=1S/C25H26O2S/c1-2-3-17-28-25(26)27-16-5-4-7-18-10-11-21-13-12-19-8-6-9-20-14-15-22(18)24(21)23(19)20/h6,8-15H,2-5,7,16-17H2,1H3. The molecular weight excluding hydrogens is 364 g/mol. The van der Waals surface area contributed by atoms with Crippen LogP contribution in [0, 0.1) is 0 Å². The predicted molar refractivity (Wildman–Crippen MR) is 122 cm³/mol. The molecule has 2 nitrogen and oxygen atoms in total. The lowest BCUT2D eigenvalue weighted by atomic mass is 9.91. The average molecular weight is 391 g/mol. The highest BCUT2D eigenvalue weighted by Crippen LogP contribution is 2.36. The summed E-state index contributed by atoms with van der Waals surface area (Å²) >= 11 is 1.30. The predicted octanol–water partition coefficient (Wildman–Crippen LogP) is 7.58. The van der Waals surface area contributed by atoms with Crippen LogP contribution in [0.4, 0.5) is 4.79 Å². The molecule has 28 heavy (non-hydrogen) atoms. The lowest BCUT2D eigenvalue weighted by molar-refractivity contribution is 0.173. The third-order valence-electron chi connectivity index (χ3n) is 5.40. The van der Waals surface area contributed by atoms with Gasteiger partial charge in [-0.25, -0.2) is 4.79 Å². The molecule has 0 spiro atoms. The maximum atomic E-state index is 11.7. The van der Waals surface area contributed by atoms with E-state index in [1.807, 2.05) is 0 Å². The number of carbonyl (C=O) groups excluding carboxylic acids is 1. The zero-order valence-corrected chi connectivity index (χ0v) is 17.2. The molecule has 4 aromatic carbocycles. The second-order valence-corrected chi connectivity index (χ2v) is 8.37. The summed E-state index contributed by atoms with van der Waals surface area (Å²) in [5, 5.41) is 7.90. The Morgan fingerprint density at radius 3 is 2.36 bits per heavy atom. The van der Waals surface area contributed by atoms with Crippen molar-refractivity contribution in [1.82, 2.24) is 0 Å². The monoisotopic (exact) mass is 390 g/mol. The smallest absolute Gasteiger partial charge is 0.367 e. The number of carbonyl (C=O) groups is 1. The van der Waals surface area contributed by atoms with Gasteiger partial charge < -0.3 is 4.74 Å². The number of hydrogen-bond donors (Lipinski definition) is 0. The van der Waals surface area contributed by atoms with E-state index in [1.165, 1.54) is 49.6 Å². The number of thioether (sulfide) groups is 1. The van der Waals surface area contributed by atoms with E-state index in [9.17, 15) is 4.79 Å². The molecule has 0 unspecified atom stereocenters. The van der Waals surface area contributed by atoms with E-state index in [0.29, 0.717) is 6.61 Å². The number of hydrogen-bond acceptors (Lipinski definition) is 3. The van der Waals surface area contributed by atoms with Crippen LogP contribution in [0.15, 0.2) is 54.6 Å². The van der Waals surface area contributed by atoms with Crippen LogP contribution in [0.25, 0.3) is 32.3 Å². The van der Waals surface area contributed by atoms with E-state index in [-0.39, 0.29) is 5.30 Å². The van der Waals surface area contributed by atoms with Gasteiger partial charge >= 0.3 is 5.30 Å². The molecule has 0 radical (unpaired) electrons. The number of ether oxygens (including phenoxy) is 1. The molecule has 0 amide bonds. The molecule has 0 aliphatic rings. The summed E-state index contributed by atoms with van der Waals surface area (Å²) in [6.07, 6.45) is 5.11.